The van der Waals surface area contributed by atoms with Crippen molar-refractivity contribution in [3.8, 4) is 0 Å². The lowest BCUT2D eigenvalue weighted by Crippen LogP contribution is -2.30. The van der Waals surface area contributed by atoms with Crippen molar-refractivity contribution in [3.05, 3.63) is 85.1 Å². The molecule has 0 aliphatic heterocycles. The summed E-state index contributed by atoms with van der Waals surface area (Å²) in [5.41, 5.74) is 0. The van der Waals surface area contributed by atoms with E-state index < -0.39 is 6.10 Å². The number of unbranched alkanes of at least 4 members (excludes halogenated alkanes) is 41. The standard InChI is InChI=1S/C77H136O6/c1-4-7-10-13-16-19-22-25-27-29-31-33-35-37-38-40-41-43-45-47-49-52-55-58-61-64-67-70-76(79)82-73-74(72-81-75(78)69-66-63-60-57-54-51-24-21-18-15-12-9-6-3)83-77(80)71-68-65-62-59-56-53-50-48-46-44-42-39-36-34-32-30-28-26-23-20-17-14-11-8-5-2/h12,15,21-26,29-32,35,37,74H,4-11,13-14,16-20,27-28,33-34,36,38-73H2,1-3H3/b15-12-,24-21-,25-22-,26-23-,31-29-,32-30-,37-35-. The molecule has 0 aromatic rings. The molecular formula is C77H136O6. The second-order valence-corrected chi connectivity index (χ2v) is 24.1. The van der Waals surface area contributed by atoms with Crippen LogP contribution in [0, 0.1) is 0 Å². The largest absolute Gasteiger partial charge is 0.462 e. The highest BCUT2D eigenvalue weighted by Crippen LogP contribution is 2.17. The van der Waals surface area contributed by atoms with Gasteiger partial charge in [-0.25, -0.2) is 0 Å². The van der Waals surface area contributed by atoms with E-state index in [2.05, 4.69) is 106 Å². The molecule has 0 N–H and O–H groups in total. The highest BCUT2D eigenvalue weighted by molar-refractivity contribution is 5.71. The smallest absolute Gasteiger partial charge is 0.306 e. The maximum Gasteiger partial charge on any atom is 0.306 e. The molecule has 0 aliphatic rings. The summed E-state index contributed by atoms with van der Waals surface area (Å²) in [6.45, 7) is 6.59. The van der Waals surface area contributed by atoms with Gasteiger partial charge in [0.05, 0.1) is 0 Å². The summed E-state index contributed by atoms with van der Waals surface area (Å²) in [5.74, 6) is -0.880. The zero-order chi connectivity index (χ0) is 59.9. The van der Waals surface area contributed by atoms with Crippen LogP contribution in [-0.4, -0.2) is 37.2 Å². The number of ether oxygens (including phenoxy) is 3. The van der Waals surface area contributed by atoms with Crippen LogP contribution in [-0.2, 0) is 28.6 Å². The lowest BCUT2D eigenvalue weighted by atomic mass is 10.0. The Morgan fingerprint density at radius 3 is 0.723 bits per heavy atom. The van der Waals surface area contributed by atoms with Gasteiger partial charge in [0.1, 0.15) is 13.2 Å². The number of allylic oxidation sites excluding steroid dienone is 14. The summed E-state index contributed by atoms with van der Waals surface area (Å²) in [4.78, 5) is 38.4. The maximum atomic E-state index is 13.0. The third-order valence-electron chi connectivity index (χ3n) is 15.8. The van der Waals surface area contributed by atoms with Crippen molar-refractivity contribution in [1.29, 1.82) is 0 Å². The third-order valence-corrected chi connectivity index (χ3v) is 15.8. The van der Waals surface area contributed by atoms with Gasteiger partial charge in [0.25, 0.3) is 0 Å². The number of hydrogen-bond donors (Lipinski definition) is 0. The van der Waals surface area contributed by atoms with Crippen LogP contribution in [0.2, 0.25) is 0 Å². The Labute approximate surface area is 515 Å². The first kappa shape index (κ1) is 79.6. The number of carbonyl (C=O) groups is 3. The molecule has 83 heavy (non-hydrogen) atoms. The van der Waals surface area contributed by atoms with Crippen LogP contribution in [0.1, 0.15) is 367 Å². The molecule has 0 radical (unpaired) electrons. The van der Waals surface area contributed by atoms with Crippen molar-refractivity contribution in [2.75, 3.05) is 13.2 Å². The number of carbonyl (C=O) groups excluding carboxylic acids is 3. The van der Waals surface area contributed by atoms with Crippen LogP contribution in [0.15, 0.2) is 85.1 Å². The Morgan fingerprint density at radius 1 is 0.241 bits per heavy atom. The van der Waals surface area contributed by atoms with Crippen molar-refractivity contribution >= 4 is 17.9 Å². The van der Waals surface area contributed by atoms with Gasteiger partial charge in [-0.05, 0) is 116 Å². The van der Waals surface area contributed by atoms with Gasteiger partial charge in [-0.15, -0.1) is 0 Å². The molecule has 0 aromatic heterocycles. The predicted molar refractivity (Wildman–Crippen MR) is 362 cm³/mol. The molecule has 1 unspecified atom stereocenters. The van der Waals surface area contributed by atoms with Gasteiger partial charge < -0.3 is 14.2 Å². The van der Waals surface area contributed by atoms with Gasteiger partial charge in [-0.3, -0.25) is 14.4 Å². The lowest BCUT2D eigenvalue weighted by Gasteiger charge is -2.18. The Kier molecular flexibility index (Phi) is 68.2. The maximum absolute atomic E-state index is 13.0. The monoisotopic (exact) mass is 1160 g/mol. The first-order chi connectivity index (χ1) is 41.0. The normalized spacial score (nSPS) is 12.6. The Bertz CT molecular complexity index is 1570. The number of esters is 3. The topological polar surface area (TPSA) is 78.9 Å². The van der Waals surface area contributed by atoms with Crippen molar-refractivity contribution < 1.29 is 28.6 Å². The summed E-state index contributed by atoms with van der Waals surface area (Å²) in [6, 6.07) is 0. The van der Waals surface area contributed by atoms with Crippen LogP contribution in [0.4, 0.5) is 0 Å². The average Bonchev–Trinajstić information content (AvgIpc) is 3.49. The predicted octanol–water partition coefficient (Wildman–Crippen LogP) is 25.0. The fourth-order valence-electron chi connectivity index (χ4n) is 10.4. The Hall–Kier alpha value is -3.41. The van der Waals surface area contributed by atoms with Gasteiger partial charge >= 0.3 is 17.9 Å². The first-order valence-electron chi connectivity index (χ1n) is 36.1. The highest BCUT2D eigenvalue weighted by atomic mass is 16.6. The molecule has 0 aliphatic carbocycles. The van der Waals surface area contributed by atoms with Gasteiger partial charge in [-0.1, -0.05) is 318 Å². The summed E-state index contributed by atoms with van der Waals surface area (Å²) in [7, 11) is 0. The van der Waals surface area contributed by atoms with Crippen molar-refractivity contribution in [2.45, 2.75) is 374 Å². The summed E-state index contributed by atoms with van der Waals surface area (Å²) in [6.07, 6.45) is 94.7. The van der Waals surface area contributed by atoms with E-state index in [-0.39, 0.29) is 31.1 Å². The van der Waals surface area contributed by atoms with E-state index in [4.69, 9.17) is 14.2 Å². The zero-order valence-electron chi connectivity index (χ0n) is 55.2. The van der Waals surface area contributed by atoms with E-state index in [1.807, 2.05) is 0 Å². The molecule has 6 nitrogen and oxygen atoms in total. The van der Waals surface area contributed by atoms with E-state index in [1.165, 1.54) is 225 Å². The second-order valence-electron chi connectivity index (χ2n) is 24.1. The van der Waals surface area contributed by atoms with Crippen LogP contribution in [0.3, 0.4) is 0 Å². The lowest BCUT2D eigenvalue weighted by molar-refractivity contribution is -0.167. The van der Waals surface area contributed by atoms with Crippen molar-refractivity contribution in [2.24, 2.45) is 0 Å². The average molecular weight is 1160 g/mol. The zero-order valence-corrected chi connectivity index (χ0v) is 55.2. The fourth-order valence-corrected chi connectivity index (χ4v) is 10.4. The summed E-state index contributed by atoms with van der Waals surface area (Å²) >= 11 is 0. The molecule has 6 heteroatoms. The highest BCUT2D eigenvalue weighted by Gasteiger charge is 2.19. The number of rotatable bonds is 66. The van der Waals surface area contributed by atoms with Gasteiger partial charge in [0, 0.05) is 19.3 Å². The van der Waals surface area contributed by atoms with Crippen molar-refractivity contribution in [1.82, 2.24) is 0 Å². The SMILES string of the molecule is CCC/C=C\C/C=C\CCCCCCCC(=O)OCC(COC(=O)CCCCCCCCCCCCCC/C=C\C/C=C\C/C=C\CCCCCCC)OC(=O)CCCCCCCCCCCCCCC/C=C\C/C=C\CCCCCCC. The molecule has 0 bridgehead atoms. The molecule has 0 fully saturated rings. The minimum atomic E-state index is -0.785. The van der Waals surface area contributed by atoms with E-state index in [0.29, 0.717) is 19.3 Å². The van der Waals surface area contributed by atoms with Gasteiger partial charge in [-0.2, -0.15) is 0 Å². The van der Waals surface area contributed by atoms with Gasteiger partial charge in [0.2, 0.25) is 0 Å². The van der Waals surface area contributed by atoms with Crippen LogP contribution < -0.4 is 0 Å². The van der Waals surface area contributed by atoms with Crippen LogP contribution in [0.5, 0.6) is 0 Å². The fraction of sp³-hybridized carbons (Fsp3) is 0.779. The van der Waals surface area contributed by atoms with Crippen LogP contribution >= 0.6 is 0 Å². The first-order valence-corrected chi connectivity index (χ1v) is 36.1. The molecule has 1 atom stereocenters. The molecule has 0 spiro atoms. The van der Waals surface area contributed by atoms with Gasteiger partial charge in [0.15, 0.2) is 6.10 Å². The Balaban J connectivity index is 4.27. The molecule has 0 saturated carbocycles. The van der Waals surface area contributed by atoms with Crippen LogP contribution in [0.25, 0.3) is 0 Å². The van der Waals surface area contributed by atoms with E-state index >= 15 is 0 Å². The van der Waals surface area contributed by atoms with E-state index in [9.17, 15) is 14.4 Å². The minimum Gasteiger partial charge on any atom is -0.462 e. The van der Waals surface area contributed by atoms with Crippen molar-refractivity contribution in [3.63, 3.8) is 0 Å². The molecule has 0 aromatic carbocycles. The molecular weight excluding hydrogens is 1020 g/mol. The summed E-state index contributed by atoms with van der Waals surface area (Å²) in [5, 5.41) is 0. The molecule has 0 rings (SSSR count). The molecule has 0 saturated heterocycles. The Morgan fingerprint density at radius 2 is 0.458 bits per heavy atom. The molecule has 0 amide bonds. The quantitative estimate of drug-likeness (QED) is 0.0261. The summed E-state index contributed by atoms with van der Waals surface area (Å²) < 4.78 is 17.0. The second kappa shape index (κ2) is 71.1. The molecule has 0 heterocycles. The number of hydrogen-bond acceptors (Lipinski definition) is 6. The van der Waals surface area contributed by atoms with E-state index in [1.54, 1.807) is 0 Å². The third kappa shape index (κ3) is 69.3. The van der Waals surface area contributed by atoms with E-state index in [0.717, 1.165) is 103 Å². The molecule has 480 valence electrons. The minimum absolute atomic E-state index is 0.0801.